The highest BCUT2D eigenvalue weighted by Crippen LogP contribution is 2.36. The number of nitrogens with zero attached hydrogens (tertiary/aromatic N) is 3. The van der Waals surface area contributed by atoms with Crippen LogP contribution in [-0.4, -0.2) is 40.1 Å². The molecule has 12 heteroatoms. The van der Waals surface area contributed by atoms with E-state index >= 15 is 0 Å². The second-order valence-electron chi connectivity index (χ2n) is 7.26. The van der Waals surface area contributed by atoms with Crippen LogP contribution in [0.4, 0.5) is 23.2 Å². The summed E-state index contributed by atoms with van der Waals surface area (Å²) in [7, 11) is 1.21. The number of carbonyl (C=O) groups is 2. The Morgan fingerprint density at radius 1 is 1.15 bits per heavy atom. The molecule has 0 saturated carbocycles. The van der Waals surface area contributed by atoms with E-state index in [2.05, 4.69) is 10.4 Å². The van der Waals surface area contributed by atoms with Crippen LogP contribution in [-0.2, 0) is 11.0 Å². The number of likely N-dealkylation sites (N-methyl/N-ethyl adjacent to an activating group) is 1. The van der Waals surface area contributed by atoms with E-state index in [0.717, 1.165) is 21.7 Å². The highest BCUT2D eigenvalue weighted by molar-refractivity contribution is 6.31. The molecule has 3 aromatic rings. The number of benzene rings is 2. The fraction of sp³-hybridized carbons (Fsp3) is 0.182. The molecule has 1 aromatic heterocycles. The molecule has 0 aliphatic heterocycles. The molecule has 2 aromatic carbocycles. The lowest BCUT2D eigenvalue weighted by molar-refractivity contribution is -0.137. The van der Waals surface area contributed by atoms with Crippen molar-refractivity contribution in [1.29, 1.82) is 0 Å². The van der Waals surface area contributed by atoms with Crippen LogP contribution in [0.3, 0.4) is 0 Å². The lowest BCUT2D eigenvalue weighted by Crippen LogP contribution is -2.38. The molecule has 7 nitrogen and oxygen atoms in total. The number of carbonyl (C=O) groups excluding carboxylic acids is 2. The Bertz CT molecular complexity index is 1320. The van der Waals surface area contributed by atoms with Crippen molar-refractivity contribution in [1.82, 2.24) is 14.7 Å². The van der Waals surface area contributed by atoms with E-state index in [1.165, 1.54) is 38.2 Å². The van der Waals surface area contributed by atoms with Gasteiger partial charge in [0.2, 0.25) is 11.3 Å². The van der Waals surface area contributed by atoms with E-state index in [4.69, 9.17) is 11.6 Å². The molecular formula is C22H17ClF4N4O3. The van der Waals surface area contributed by atoms with Gasteiger partial charge in [-0.2, -0.15) is 18.3 Å². The molecule has 0 aliphatic carbocycles. The Hall–Kier alpha value is -3.73. The molecule has 2 amide bonds. The monoisotopic (exact) mass is 496 g/mol. The number of aromatic nitrogens is 2. The van der Waals surface area contributed by atoms with Crippen LogP contribution in [0, 0.1) is 12.7 Å². The molecule has 0 spiro atoms. The minimum absolute atomic E-state index is 0.0117. The first kappa shape index (κ1) is 24.9. The normalized spacial score (nSPS) is 11.3. The molecule has 1 heterocycles. The molecule has 0 fully saturated rings. The Morgan fingerprint density at radius 2 is 1.82 bits per heavy atom. The number of nitrogens with one attached hydrogen (secondary N) is 1. The van der Waals surface area contributed by atoms with Crippen molar-refractivity contribution in [3.05, 3.63) is 86.5 Å². The molecule has 178 valence electrons. The molecule has 34 heavy (non-hydrogen) atoms. The van der Waals surface area contributed by atoms with Crippen LogP contribution >= 0.6 is 11.6 Å². The Morgan fingerprint density at radius 3 is 2.47 bits per heavy atom. The van der Waals surface area contributed by atoms with Crippen LogP contribution in [0.25, 0.3) is 5.69 Å². The van der Waals surface area contributed by atoms with Gasteiger partial charge in [-0.05, 0) is 37.3 Å². The number of aryl methyl sites for hydroxylation is 1. The molecule has 0 atom stereocenters. The van der Waals surface area contributed by atoms with E-state index in [1.54, 1.807) is 6.07 Å². The van der Waals surface area contributed by atoms with Crippen molar-refractivity contribution in [3.8, 4) is 5.69 Å². The topological polar surface area (TPSA) is 84.3 Å². The minimum atomic E-state index is -4.72. The summed E-state index contributed by atoms with van der Waals surface area (Å²) in [4.78, 5) is 38.3. The van der Waals surface area contributed by atoms with Gasteiger partial charge < -0.3 is 10.2 Å². The molecule has 0 saturated heterocycles. The van der Waals surface area contributed by atoms with Crippen LogP contribution in [0.5, 0.6) is 0 Å². The van der Waals surface area contributed by atoms with E-state index in [1.807, 2.05) is 0 Å². The zero-order valence-electron chi connectivity index (χ0n) is 17.8. The molecule has 3 rings (SSSR count). The van der Waals surface area contributed by atoms with Gasteiger partial charge in [0.05, 0.1) is 17.1 Å². The van der Waals surface area contributed by atoms with Gasteiger partial charge in [-0.25, -0.2) is 9.07 Å². The highest BCUT2D eigenvalue weighted by Gasteiger charge is 2.33. The van der Waals surface area contributed by atoms with Gasteiger partial charge in [-0.1, -0.05) is 23.7 Å². The lowest BCUT2D eigenvalue weighted by Gasteiger charge is -2.18. The lowest BCUT2D eigenvalue weighted by atomic mass is 10.2. The number of halogens is 5. The predicted octanol–water partition coefficient (Wildman–Crippen LogP) is 4.06. The smallest absolute Gasteiger partial charge is 0.331 e. The van der Waals surface area contributed by atoms with Gasteiger partial charge in [0.1, 0.15) is 11.5 Å². The van der Waals surface area contributed by atoms with Gasteiger partial charge in [0, 0.05) is 24.5 Å². The molecular weight excluding hydrogens is 480 g/mol. The predicted molar refractivity (Wildman–Crippen MR) is 117 cm³/mol. The quantitative estimate of drug-likeness (QED) is 0.540. The number of hydrogen-bond donors (Lipinski definition) is 1. The van der Waals surface area contributed by atoms with Crippen molar-refractivity contribution < 1.29 is 27.2 Å². The second-order valence-corrected chi connectivity index (χ2v) is 7.67. The Balaban J connectivity index is 1.80. The zero-order chi connectivity index (χ0) is 25.2. The first-order valence-corrected chi connectivity index (χ1v) is 10.0. The van der Waals surface area contributed by atoms with Crippen LogP contribution in [0.2, 0.25) is 5.02 Å². The van der Waals surface area contributed by atoms with Gasteiger partial charge in [0.25, 0.3) is 5.91 Å². The van der Waals surface area contributed by atoms with Crippen molar-refractivity contribution in [3.63, 3.8) is 0 Å². The molecule has 0 unspecified atom stereocenters. The zero-order valence-corrected chi connectivity index (χ0v) is 18.5. The standard InChI is InChI=1S/C22H17ClF4N4O3/c1-12-9-18(32)20(29-31(12)17-6-4-3-5-16(17)24)21(34)30(2)11-19(33)28-13-7-8-15(23)14(10-13)22(25,26)27/h3-10H,11H2,1-2H3,(H,28,33). The first-order valence-electron chi connectivity index (χ1n) is 9.66. The van der Waals surface area contributed by atoms with Crippen LogP contribution in [0.1, 0.15) is 21.7 Å². The third-order valence-corrected chi connectivity index (χ3v) is 5.00. The van der Waals surface area contributed by atoms with Crippen molar-refractivity contribution in [2.45, 2.75) is 13.1 Å². The van der Waals surface area contributed by atoms with Crippen LogP contribution in [0.15, 0.2) is 53.3 Å². The van der Waals surface area contributed by atoms with Gasteiger partial charge in [0.15, 0.2) is 5.69 Å². The third-order valence-electron chi connectivity index (χ3n) is 4.67. The number of hydrogen-bond acceptors (Lipinski definition) is 4. The number of rotatable bonds is 5. The summed E-state index contributed by atoms with van der Waals surface area (Å²) in [6.07, 6.45) is -4.72. The van der Waals surface area contributed by atoms with Crippen molar-refractivity contribution >= 4 is 29.1 Å². The fourth-order valence-corrected chi connectivity index (χ4v) is 3.28. The SMILES string of the molecule is Cc1cc(=O)c(C(=O)N(C)CC(=O)Nc2ccc(Cl)c(C(F)(F)F)c2)nn1-c1ccccc1F. The Kier molecular flexibility index (Phi) is 7.06. The maximum absolute atomic E-state index is 14.2. The fourth-order valence-electron chi connectivity index (χ4n) is 3.05. The summed E-state index contributed by atoms with van der Waals surface area (Å²) < 4.78 is 54.3. The average molecular weight is 497 g/mol. The van der Waals surface area contributed by atoms with Crippen LogP contribution < -0.4 is 10.7 Å². The second kappa shape index (κ2) is 9.64. The average Bonchev–Trinajstić information content (AvgIpc) is 2.74. The molecule has 0 aliphatic rings. The first-order chi connectivity index (χ1) is 15.9. The highest BCUT2D eigenvalue weighted by atomic mass is 35.5. The molecule has 1 N–H and O–H groups in total. The largest absolute Gasteiger partial charge is 0.417 e. The van der Waals surface area contributed by atoms with E-state index < -0.39 is 52.1 Å². The van der Waals surface area contributed by atoms with E-state index in [-0.39, 0.29) is 17.1 Å². The van der Waals surface area contributed by atoms with Gasteiger partial charge in [-0.3, -0.25) is 14.4 Å². The van der Waals surface area contributed by atoms with E-state index in [9.17, 15) is 31.9 Å². The summed E-state index contributed by atoms with van der Waals surface area (Å²) in [5.74, 6) is -2.39. The molecule has 0 radical (unpaired) electrons. The van der Waals surface area contributed by atoms with E-state index in [0.29, 0.717) is 6.07 Å². The maximum Gasteiger partial charge on any atom is 0.417 e. The van der Waals surface area contributed by atoms with Crippen molar-refractivity contribution in [2.75, 3.05) is 18.9 Å². The summed E-state index contributed by atoms with van der Waals surface area (Å²) in [6, 6.07) is 9.54. The summed E-state index contributed by atoms with van der Waals surface area (Å²) in [6.45, 7) is 0.908. The molecule has 0 bridgehead atoms. The summed E-state index contributed by atoms with van der Waals surface area (Å²) in [5, 5.41) is 5.67. The number of para-hydroxylation sites is 1. The summed E-state index contributed by atoms with van der Waals surface area (Å²) in [5.41, 5.74) is -2.33. The minimum Gasteiger partial charge on any atom is -0.331 e. The maximum atomic E-state index is 14.2. The Labute approximate surface area is 195 Å². The number of alkyl halides is 3. The third kappa shape index (κ3) is 5.42. The number of anilines is 1. The number of amides is 2. The van der Waals surface area contributed by atoms with Crippen molar-refractivity contribution in [2.24, 2.45) is 0 Å². The summed E-state index contributed by atoms with van der Waals surface area (Å²) >= 11 is 5.56. The van der Waals surface area contributed by atoms with Gasteiger partial charge in [-0.15, -0.1) is 0 Å². The van der Waals surface area contributed by atoms with Gasteiger partial charge >= 0.3 is 6.18 Å².